The van der Waals surface area contributed by atoms with Gasteiger partial charge in [0.2, 0.25) is 0 Å². The van der Waals surface area contributed by atoms with E-state index in [1.54, 1.807) is 7.11 Å². The zero-order chi connectivity index (χ0) is 18.1. The molecule has 2 N–H and O–H groups in total. The molecule has 5 nitrogen and oxygen atoms in total. The average molecular weight is 405 g/mol. The number of amides is 1. The molecule has 0 radical (unpaired) electrons. The molecule has 1 aromatic carbocycles. The van der Waals surface area contributed by atoms with Crippen LogP contribution in [0.1, 0.15) is 63.5 Å². The van der Waals surface area contributed by atoms with E-state index in [2.05, 4.69) is 26.2 Å². The van der Waals surface area contributed by atoms with E-state index in [0.717, 1.165) is 39.9 Å². The lowest BCUT2D eigenvalue weighted by Crippen LogP contribution is -2.27. The number of carbonyl (C=O) groups excluding carboxylic acids is 2. The smallest absolute Gasteiger partial charge is 0.268 e. The second-order valence-electron chi connectivity index (χ2n) is 6.34. The number of aromatic amines is 1. The molecule has 0 bridgehead atoms. The minimum atomic E-state index is -0.195. The number of carbonyl (C=O) groups is 2. The maximum Gasteiger partial charge on any atom is 0.268 e. The lowest BCUT2D eigenvalue weighted by molar-refractivity contribution is 0.0934. The Morgan fingerprint density at radius 3 is 2.76 bits per heavy atom. The molecule has 3 rings (SSSR count). The highest BCUT2D eigenvalue weighted by molar-refractivity contribution is 9.10. The minimum Gasteiger partial charge on any atom is -0.496 e. The predicted octanol–water partition coefficient (Wildman–Crippen LogP) is 4.10. The van der Waals surface area contributed by atoms with Crippen molar-refractivity contribution in [3.05, 3.63) is 50.8 Å². The van der Waals surface area contributed by atoms with E-state index in [1.807, 2.05) is 32.0 Å². The minimum absolute atomic E-state index is 0.126. The lowest BCUT2D eigenvalue weighted by Gasteiger charge is -2.15. The van der Waals surface area contributed by atoms with Crippen LogP contribution in [0, 0.1) is 6.92 Å². The summed E-state index contributed by atoms with van der Waals surface area (Å²) in [5, 5.41) is 3.00. The number of aromatic nitrogens is 1. The number of fused-ring (bicyclic) bond motifs is 1. The fourth-order valence-corrected chi connectivity index (χ4v) is 3.86. The van der Waals surface area contributed by atoms with Gasteiger partial charge >= 0.3 is 0 Å². The highest BCUT2D eigenvalue weighted by atomic mass is 79.9. The molecule has 0 spiro atoms. The summed E-state index contributed by atoms with van der Waals surface area (Å²) in [4.78, 5) is 28.0. The van der Waals surface area contributed by atoms with Crippen molar-refractivity contribution >= 4 is 27.6 Å². The third-order valence-corrected chi connectivity index (χ3v) is 5.31. The van der Waals surface area contributed by atoms with Gasteiger partial charge in [0, 0.05) is 17.7 Å². The van der Waals surface area contributed by atoms with Crippen LogP contribution in [0.3, 0.4) is 0 Å². The molecular weight excluding hydrogens is 384 g/mol. The van der Waals surface area contributed by atoms with Gasteiger partial charge in [-0.3, -0.25) is 9.59 Å². The van der Waals surface area contributed by atoms with Gasteiger partial charge in [-0.15, -0.1) is 0 Å². The monoisotopic (exact) mass is 404 g/mol. The summed E-state index contributed by atoms with van der Waals surface area (Å²) in [6, 6.07) is 5.54. The molecule has 1 unspecified atom stereocenters. The average Bonchev–Trinajstić information content (AvgIpc) is 2.93. The number of methoxy groups -OCH3 is 1. The van der Waals surface area contributed by atoms with Crippen LogP contribution < -0.4 is 10.1 Å². The van der Waals surface area contributed by atoms with Gasteiger partial charge in [-0.25, -0.2) is 0 Å². The van der Waals surface area contributed by atoms with Crippen LogP contribution in [-0.2, 0) is 6.42 Å². The standard InChI is InChI=1S/C19H21BrN2O3/c1-10-17-14(5-4-6-15(17)23)22-18(10)19(24)21-11(2)12-7-8-16(25-3)13(20)9-12/h7-9,11,22H,4-6H2,1-3H3,(H,21,24). The Morgan fingerprint density at radius 1 is 1.36 bits per heavy atom. The molecule has 25 heavy (non-hydrogen) atoms. The molecule has 2 aromatic rings. The summed E-state index contributed by atoms with van der Waals surface area (Å²) in [5.74, 6) is 0.675. The molecule has 6 heteroatoms. The zero-order valence-corrected chi connectivity index (χ0v) is 16.1. The first kappa shape index (κ1) is 17.7. The molecule has 1 aromatic heterocycles. The van der Waals surface area contributed by atoms with Gasteiger partial charge in [0.05, 0.1) is 17.6 Å². The summed E-state index contributed by atoms with van der Waals surface area (Å²) in [5.41, 5.74) is 3.79. The van der Waals surface area contributed by atoms with Crippen molar-refractivity contribution in [3.8, 4) is 5.75 Å². The van der Waals surface area contributed by atoms with E-state index in [0.29, 0.717) is 17.7 Å². The van der Waals surface area contributed by atoms with Crippen LogP contribution in [0.4, 0.5) is 0 Å². The maximum atomic E-state index is 12.7. The van der Waals surface area contributed by atoms with Gasteiger partial charge in [0.1, 0.15) is 11.4 Å². The SMILES string of the molecule is COc1ccc(C(C)NC(=O)c2[nH]c3c(c2C)C(=O)CCC3)cc1Br. The van der Waals surface area contributed by atoms with Crippen molar-refractivity contribution in [1.29, 1.82) is 0 Å². The Hall–Kier alpha value is -2.08. The molecule has 0 aliphatic heterocycles. The van der Waals surface area contributed by atoms with E-state index >= 15 is 0 Å². The van der Waals surface area contributed by atoms with Crippen LogP contribution in [-0.4, -0.2) is 23.8 Å². The molecular formula is C19H21BrN2O3. The molecule has 132 valence electrons. The van der Waals surface area contributed by atoms with E-state index in [-0.39, 0.29) is 17.7 Å². The summed E-state index contributed by atoms with van der Waals surface area (Å²) < 4.78 is 6.07. The van der Waals surface area contributed by atoms with Crippen molar-refractivity contribution in [3.63, 3.8) is 0 Å². The van der Waals surface area contributed by atoms with Crippen molar-refractivity contribution in [1.82, 2.24) is 10.3 Å². The summed E-state index contributed by atoms with van der Waals surface area (Å²) in [6.07, 6.45) is 2.21. The Morgan fingerprint density at radius 2 is 2.12 bits per heavy atom. The van der Waals surface area contributed by atoms with Gasteiger partial charge in [0.15, 0.2) is 5.78 Å². The number of hydrogen-bond donors (Lipinski definition) is 2. The summed E-state index contributed by atoms with van der Waals surface area (Å²) in [6.45, 7) is 3.76. The largest absolute Gasteiger partial charge is 0.496 e. The highest BCUT2D eigenvalue weighted by Crippen LogP contribution is 2.29. The first-order valence-corrected chi connectivity index (χ1v) is 9.10. The van der Waals surface area contributed by atoms with Crippen molar-refractivity contribution < 1.29 is 14.3 Å². The van der Waals surface area contributed by atoms with E-state index in [9.17, 15) is 9.59 Å². The fraction of sp³-hybridized carbons (Fsp3) is 0.368. The van der Waals surface area contributed by atoms with Crippen molar-refractivity contribution in [2.75, 3.05) is 7.11 Å². The van der Waals surface area contributed by atoms with E-state index < -0.39 is 0 Å². The number of benzene rings is 1. The van der Waals surface area contributed by atoms with Gasteiger partial charge in [-0.05, 0) is 65.9 Å². The lowest BCUT2D eigenvalue weighted by atomic mass is 9.94. The molecule has 1 amide bonds. The maximum absolute atomic E-state index is 12.7. The Balaban J connectivity index is 1.80. The number of ether oxygens (including phenoxy) is 1. The van der Waals surface area contributed by atoms with Gasteiger partial charge in [0.25, 0.3) is 5.91 Å². The Labute approximate surface area is 155 Å². The second kappa shape index (κ2) is 7.04. The van der Waals surface area contributed by atoms with Crippen LogP contribution in [0.2, 0.25) is 0 Å². The number of hydrogen-bond acceptors (Lipinski definition) is 3. The number of ketones is 1. The van der Waals surface area contributed by atoms with Crippen LogP contribution >= 0.6 is 15.9 Å². The topological polar surface area (TPSA) is 71.2 Å². The van der Waals surface area contributed by atoms with Gasteiger partial charge < -0.3 is 15.0 Å². The molecule has 1 aliphatic carbocycles. The van der Waals surface area contributed by atoms with Crippen molar-refractivity contribution in [2.24, 2.45) is 0 Å². The zero-order valence-electron chi connectivity index (χ0n) is 14.5. The third-order valence-electron chi connectivity index (χ3n) is 4.69. The number of H-pyrrole nitrogens is 1. The van der Waals surface area contributed by atoms with Crippen LogP contribution in [0.5, 0.6) is 5.75 Å². The number of rotatable bonds is 4. The van der Waals surface area contributed by atoms with Crippen LogP contribution in [0.25, 0.3) is 0 Å². The number of Topliss-reactive ketones (excluding diaryl/α,β-unsaturated/α-hetero) is 1. The molecule has 1 aliphatic rings. The molecule has 0 saturated heterocycles. The molecule has 0 saturated carbocycles. The number of halogens is 1. The quantitative estimate of drug-likeness (QED) is 0.805. The second-order valence-corrected chi connectivity index (χ2v) is 7.20. The number of aryl methyl sites for hydroxylation is 1. The summed E-state index contributed by atoms with van der Waals surface area (Å²) in [7, 11) is 1.61. The fourth-order valence-electron chi connectivity index (χ4n) is 3.31. The predicted molar refractivity (Wildman–Crippen MR) is 99.4 cm³/mol. The number of nitrogens with one attached hydrogen (secondary N) is 2. The molecule has 1 atom stereocenters. The Kier molecular flexibility index (Phi) is 4.99. The highest BCUT2D eigenvalue weighted by Gasteiger charge is 2.26. The molecule has 1 heterocycles. The van der Waals surface area contributed by atoms with Gasteiger partial charge in [-0.2, -0.15) is 0 Å². The van der Waals surface area contributed by atoms with Gasteiger partial charge in [-0.1, -0.05) is 6.07 Å². The first-order valence-electron chi connectivity index (χ1n) is 8.31. The van der Waals surface area contributed by atoms with E-state index in [4.69, 9.17) is 4.74 Å². The first-order chi connectivity index (χ1) is 11.9. The normalized spacial score (nSPS) is 14.8. The van der Waals surface area contributed by atoms with Crippen molar-refractivity contribution in [2.45, 2.75) is 39.2 Å². The Bertz CT molecular complexity index is 841. The summed E-state index contributed by atoms with van der Waals surface area (Å²) >= 11 is 3.46. The molecule has 0 fully saturated rings. The third kappa shape index (κ3) is 3.35. The van der Waals surface area contributed by atoms with Crippen LogP contribution in [0.15, 0.2) is 22.7 Å². The van der Waals surface area contributed by atoms with E-state index in [1.165, 1.54) is 0 Å².